The molecule has 1 unspecified atom stereocenters. The minimum atomic E-state index is -0.0679. The number of fused-ring (bicyclic) bond motifs is 1. The van der Waals surface area contributed by atoms with Crippen molar-refractivity contribution < 1.29 is 9.53 Å². The lowest BCUT2D eigenvalue weighted by molar-refractivity contribution is 0.0412. The standard InChI is InChI=1S/C18H22N2O2S/c1-11(2)18-20-12(3)16(23-18)17(21)19-10-15-14-7-5-4-6-13(14)8-9-22-15/h4-7,11,15H,8-10H2,1-3H3,(H,19,21). The van der Waals surface area contributed by atoms with Crippen LogP contribution in [0.1, 0.15) is 57.4 Å². The topological polar surface area (TPSA) is 51.2 Å². The van der Waals surface area contributed by atoms with Crippen LogP contribution in [0.4, 0.5) is 0 Å². The van der Waals surface area contributed by atoms with Crippen molar-refractivity contribution >= 4 is 17.2 Å². The number of aromatic nitrogens is 1. The van der Waals surface area contributed by atoms with Gasteiger partial charge in [-0.2, -0.15) is 0 Å². The summed E-state index contributed by atoms with van der Waals surface area (Å²) >= 11 is 1.48. The van der Waals surface area contributed by atoms with Gasteiger partial charge in [0.1, 0.15) is 11.0 Å². The van der Waals surface area contributed by atoms with E-state index < -0.39 is 0 Å². The fourth-order valence-electron chi connectivity index (χ4n) is 2.79. The Morgan fingerprint density at radius 3 is 2.96 bits per heavy atom. The number of carbonyl (C=O) groups is 1. The van der Waals surface area contributed by atoms with Gasteiger partial charge < -0.3 is 10.1 Å². The zero-order valence-electron chi connectivity index (χ0n) is 13.8. The molecule has 0 aliphatic carbocycles. The second-order valence-corrected chi connectivity index (χ2v) is 7.17. The van der Waals surface area contributed by atoms with E-state index >= 15 is 0 Å². The van der Waals surface area contributed by atoms with E-state index in [0.29, 0.717) is 23.9 Å². The summed E-state index contributed by atoms with van der Waals surface area (Å²) < 4.78 is 5.84. The summed E-state index contributed by atoms with van der Waals surface area (Å²) in [5.41, 5.74) is 3.30. The lowest BCUT2D eigenvalue weighted by atomic mass is 9.97. The van der Waals surface area contributed by atoms with E-state index in [1.807, 2.05) is 19.1 Å². The van der Waals surface area contributed by atoms with Crippen molar-refractivity contribution in [2.45, 2.75) is 39.2 Å². The summed E-state index contributed by atoms with van der Waals surface area (Å²) in [5, 5.41) is 4.02. The largest absolute Gasteiger partial charge is 0.371 e. The van der Waals surface area contributed by atoms with Gasteiger partial charge in [-0.05, 0) is 24.5 Å². The fraction of sp³-hybridized carbons (Fsp3) is 0.444. The molecule has 0 saturated carbocycles. The zero-order chi connectivity index (χ0) is 16.4. The monoisotopic (exact) mass is 330 g/mol. The molecule has 1 aliphatic heterocycles. The summed E-state index contributed by atoms with van der Waals surface area (Å²) in [6.45, 7) is 7.27. The molecular weight excluding hydrogens is 308 g/mol. The highest BCUT2D eigenvalue weighted by atomic mass is 32.1. The molecular formula is C18H22N2O2S. The van der Waals surface area contributed by atoms with Crippen LogP contribution in [0, 0.1) is 6.92 Å². The normalized spacial score (nSPS) is 17.1. The summed E-state index contributed by atoms with van der Waals surface area (Å²) in [5.74, 6) is 0.285. The van der Waals surface area contributed by atoms with E-state index in [9.17, 15) is 4.79 Å². The van der Waals surface area contributed by atoms with Gasteiger partial charge in [0.25, 0.3) is 5.91 Å². The highest BCUT2D eigenvalue weighted by molar-refractivity contribution is 7.13. The van der Waals surface area contributed by atoms with Crippen molar-refractivity contribution in [3.8, 4) is 0 Å². The van der Waals surface area contributed by atoms with Gasteiger partial charge in [-0.3, -0.25) is 4.79 Å². The zero-order valence-corrected chi connectivity index (χ0v) is 14.6. The molecule has 2 heterocycles. The number of nitrogens with zero attached hydrogens (tertiary/aromatic N) is 1. The number of aryl methyl sites for hydroxylation is 1. The Morgan fingerprint density at radius 2 is 2.22 bits per heavy atom. The van der Waals surface area contributed by atoms with Crippen LogP contribution in [0.5, 0.6) is 0 Å². The number of amides is 1. The Labute approximate surface area is 140 Å². The van der Waals surface area contributed by atoms with Crippen LogP contribution >= 0.6 is 11.3 Å². The van der Waals surface area contributed by atoms with Crippen LogP contribution in [0.15, 0.2) is 24.3 Å². The van der Waals surface area contributed by atoms with Crippen LogP contribution in [0.2, 0.25) is 0 Å². The molecule has 3 rings (SSSR count). The third kappa shape index (κ3) is 3.46. The molecule has 122 valence electrons. The predicted molar refractivity (Wildman–Crippen MR) is 92.1 cm³/mol. The first-order valence-electron chi connectivity index (χ1n) is 8.01. The van der Waals surface area contributed by atoms with Gasteiger partial charge in [0, 0.05) is 12.5 Å². The van der Waals surface area contributed by atoms with Crippen molar-refractivity contribution in [2.75, 3.05) is 13.2 Å². The Hall–Kier alpha value is -1.72. The molecule has 1 N–H and O–H groups in total. The van der Waals surface area contributed by atoms with Crippen LogP contribution in [-0.2, 0) is 11.2 Å². The minimum absolute atomic E-state index is 0.0569. The molecule has 0 fully saturated rings. The van der Waals surface area contributed by atoms with Crippen molar-refractivity contribution in [2.24, 2.45) is 0 Å². The van der Waals surface area contributed by atoms with E-state index in [-0.39, 0.29) is 12.0 Å². The molecule has 2 aromatic rings. The molecule has 0 saturated heterocycles. The molecule has 0 spiro atoms. The number of ether oxygens (including phenoxy) is 1. The van der Waals surface area contributed by atoms with Gasteiger partial charge in [0.2, 0.25) is 0 Å². The van der Waals surface area contributed by atoms with Gasteiger partial charge in [-0.15, -0.1) is 11.3 Å². The summed E-state index contributed by atoms with van der Waals surface area (Å²) in [6.07, 6.45) is 0.869. The molecule has 0 radical (unpaired) electrons. The Morgan fingerprint density at radius 1 is 1.43 bits per heavy atom. The summed E-state index contributed by atoms with van der Waals surface area (Å²) in [4.78, 5) is 17.7. The van der Waals surface area contributed by atoms with E-state index in [1.165, 1.54) is 22.5 Å². The van der Waals surface area contributed by atoms with E-state index in [1.54, 1.807) is 0 Å². The quantitative estimate of drug-likeness (QED) is 0.931. The number of nitrogens with one attached hydrogen (secondary N) is 1. The van der Waals surface area contributed by atoms with Gasteiger partial charge in [0.15, 0.2) is 0 Å². The lowest BCUT2D eigenvalue weighted by Crippen LogP contribution is -2.31. The maximum absolute atomic E-state index is 12.5. The Bertz CT molecular complexity index is 709. The Kier molecular flexibility index (Phi) is 4.78. The van der Waals surface area contributed by atoms with E-state index in [2.05, 4.69) is 36.3 Å². The fourth-order valence-corrected chi connectivity index (χ4v) is 3.77. The second-order valence-electron chi connectivity index (χ2n) is 6.14. The van der Waals surface area contributed by atoms with Crippen LogP contribution < -0.4 is 5.32 Å². The predicted octanol–water partition coefficient (Wildman–Crippen LogP) is 3.62. The molecule has 1 atom stereocenters. The first kappa shape index (κ1) is 16.1. The van der Waals surface area contributed by atoms with Gasteiger partial charge in [0.05, 0.1) is 17.3 Å². The molecule has 23 heavy (non-hydrogen) atoms. The molecule has 1 aromatic carbocycles. The third-order valence-corrected chi connectivity index (χ3v) is 5.51. The maximum Gasteiger partial charge on any atom is 0.263 e. The van der Waals surface area contributed by atoms with Gasteiger partial charge >= 0.3 is 0 Å². The molecule has 1 aliphatic rings. The van der Waals surface area contributed by atoms with Crippen LogP contribution in [0.25, 0.3) is 0 Å². The highest BCUT2D eigenvalue weighted by Gasteiger charge is 2.22. The molecule has 0 bridgehead atoms. The van der Waals surface area contributed by atoms with Crippen molar-refractivity contribution in [3.63, 3.8) is 0 Å². The first-order valence-corrected chi connectivity index (χ1v) is 8.83. The van der Waals surface area contributed by atoms with Crippen molar-refractivity contribution in [1.82, 2.24) is 10.3 Å². The SMILES string of the molecule is Cc1nc(C(C)C)sc1C(=O)NCC1OCCc2ccccc21. The van der Waals surface area contributed by atoms with E-state index in [4.69, 9.17) is 4.74 Å². The number of rotatable bonds is 4. The number of carbonyl (C=O) groups excluding carboxylic acids is 1. The first-order chi connectivity index (χ1) is 11.1. The van der Waals surface area contributed by atoms with Crippen molar-refractivity contribution in [3.05, 3.63) is 51.0 Å². The molecule has 4 nitrogen and oxygen atoms in total. The number of benzene rings is 1. The lowest BCUT2D eigenvalue weighted by Gasteiger charge is -2.26. The van der Waals surface area contributed by atoms with Crippen LogP contribution in [-0.4, -0.2) is 24.0 Å². The van der Waals surface area contributed by atoms with Gasteiger partial charge in [-0.1, -0.05) is 38.1 Å². The van der Waals surface area contributed by atoms with Crippen LogP contribution in [0.3, 0.4) is 0 Å². The maximum atomic E-state index is 12.5. The molecule has 1 aromatic heterocycles. The van der Waals surface area contributed by atoms with E-state index in [0.717, 1.165) is 17.1 Å². The highest BCUT2D eigenvalue weighted by Crippen LogP contribution is 2.27. The summed E-state index contributed by atoms with van der Waals surface area (Å²) in [7, 11) is 0. The number of hydrogen-bond acceptors (Lipinski definition) is 4. The molecule has 5 heteroatoms. The average Bonchev–Trinajstić information content (AvgIpc) is 2.95. The third-order valence-electron chi connectivity index (χ3n) is 4.05. The van der Waals surface area contributed by atoms with Crippen molar-refractivity contribution in [1.29, 1.82) is 0 Å². The van der Waals surface area contributed by atoms with Gasteiger partial charge in [-0.25, -0.2) is 4.98 Å². The molecule has 1 amide bonds. The number of thiazole rings is 1. The summed E-state index contributed by atoms with van der Waals surface area (Å²) in [6, 6.07) is 8.29. The Balaban J connectivity index is 1.68. The second kappa shape index (κ2) is 6.81. The average molecular weight is 330 g/mol. The smallest absolute Gasteiger partial charge is 0.263 e. The number of hydrogen-bond donors (Lipinski definition) is 1. The minimum Gasteiger partial charge on any atom is -0.371 e.